The van der Waals surface area contributed by atoms with Crippen molar-refractivity contribution >= 4 is 47.6 Å². The van der Waals surface area contributed by atoms with Gasteiger partial charge in [-0.3, -0.25) is 9.10 Å². The van der Waals surface area contributed by atoms with Crippen molar-refractivity contribution < 1.29 is 26.4 Å². The molecule has 0 aromatic heterocycles. The highest BCUT2D eigenvalue weighted by Gasteiger charge is 2.28. The number of ether oxygens (including phenoxy) is 1. The summed E-state index contributed by atoms with van der Waals surface area (Å²) in [6, 6.07) is 20.7. The molecule has 0 bridgehead atoms. The molecule has 0 saturated carbocycles. The van der Waals surface area contributed by atoms with Gasteiger partial charge in [0.25, 0.3) is 10.0 Å². The van der Waals surface area contributed by atoms with Crippen LogP contribution in [0.1, 0.15) is 12.8 Å². The van der Waals surface area contributed by atoms with Crippen LogP contribution < -0.4 is 14.4 Å². The minimum Gasteiger partial charge on any atom is -0.492 e. The lowest BCUT2D eigenvalue weighted by Crippen LogP contribution is -2.41. The predicted molar refractivity (Wildman–Crippen MR) is 148 cm³/mol. The fraction of sp³-hybridized carbons (Fsp3) is 0.269. The highest BCUT2D eigenvalue weighted by Crippen LogP contribution is 2.25. The summed E-state index contributed by atoms with van der Waals surface area (Å²) in [5.41, 5.74) is 0.354. The molecule has 12 heteroatoms. The van der Waals surface area contributed by atoms with E-state index in [4.69, 9.17) is 4.74 Å². The number of rotatable bonds is 11. The van der Waals surface area contributed by atoms with E-state index in [2.05, 4.69) is 21.2 Å². The van der Waals surface area contributed by atoms with Gasteiger partial charge in [0.1, 0.15) is 18.9 Å². The molecule has 202 valence electrons. The van der Waals surface area contributed by atoms with Crippen molar-refractivity contribution in [1.29, 1.82) is 0 Å². The van der Waals surface area contributed by atoms with Crippen molar-refractivity contribution in [3.05, 3.63) is 83.3 Å². The topological polar surface area (TPSA) is 113 Å². The van der Waals surface area contributed by atoms with E-state index in [-0.39, 0.29) is 22.9 Å². The SMILES string of the molecule is O=C(CN(c1ccc(Br)cc1)S(=O)(=O)c1ccccc1)NCCOc1ccc(S(=O)(=O)N2CCCC2)cc1. The first-order valence-electron chi connectivity index (χ1n) is 12.0. The molecular formula is C26H28BrN3O6S2. The maximum absolute atomic E-state index is 13.3. The van der Waals surface area contributed by atoms with Gasteiger partial charge in [-0.15, -0.1) is 0 Å². The third-order valence-electron chi connectivity index (χ3n) is 5.95. The van der Waals surface area contributed by atoms with Gasteiger partial charge in [0.05, 0.1) is 22.0 Å². The summed E-state index contributed by atoms with van der Waals surface area (Å²) in [7, 11) is -7.48. The normalized spacial score (nSPS) is 14.2. The molecule has 3 aromatic rings. The van der Waals surface area contributed by atoms with Gasteiger partial charge < -0.3 is 10.1 Å². The lowest BCUT2D eigenvalue weighted by atomic mass is 10.3. The number of hydrogen-bond donors (Lipinski definition) is 1. The largest absolute Gasteiger partial charge is 0.492 e. The summed E-state index contributed by atoms with van der Waals surface area (Å²) in [4.78, 5) is 13.0. The molecule has 1 heterocycles. The average Bonchev–Trinajstić information content (AvgIpc) is 3.47. The van der Waals surface area contributed by atoms with E-state index in [1.807, 2.05) is 0 Å². The highest BCUT2D eigenvalue weighted by atomic mass is 79.9. The number of sulfonamides is 2. The molecule has 1 fully saturated rings. The van der Waals surface area contributed by atoms with Crippen LogP contribution in [0.15, 0.2) is 93.1 Å². The molecule has 4 rings (SSSR count). The summed E-state index contributed by atoms with van der Waals surface area (Å²) in [5, 5.41) is 2.68. The van der Waals surface area contributed by atoms with Gasteiger partial charge >= 0.3 is 0 Å². The molecule has 3 aromatic carbocycles. The number of anilines is 1. The summed E-state index contributed by atoms with van der Waals surface area (Å²) in [5.74, 6) is -0.0363. The number of hydrogen-bond acceptors (Lipinski definition) is 6. The van der Waals surface area contributed by atoms with Gasteiger partial charge in [-0.2, -0.15) is 4.31 Å². The highest BCUT2D eigenvalue weighted by molar-refractivity contribution is 9.10. The maximum Gasteiger partial charge on any atom is 0.264 e. The van der Waals surface area contributed by atoms with E-state index in [0.29, 0.717) is 24.5 Å². The van der Waals surface area contributed by atoms with Crippen molar-refractivity contribution in [1.82, 2.24) is 9.62 Å². The molecule has 1 aliphatic heterocycles. The zero-order chi connectivity index (χ0) is 27.2. The Balaban J connectivity index is 1.34. The molecule has 0 spiro atoms. The minimum atomic E-state index is -3.98. The standard InChI is InChI=1S/C26H28BrN3O6S2/c27-21-8-10-22(11-9-21)30(38(34,35)24-6-2-1-3-7-24)20-26(31)28-16-19-36-23-12-14-25(15-13-23)37(32,33)29-17-4-5-18-29/h1-3,6-15H,4-5,16-20H2,(H,28,31). The lowest BCUT2D eigenvalue weighted by molar-refractivity contribution is -0.119. The Morgan fingerprint density at radius 2 is 1.50 bits per heavy atom. The number of halogens is 1. The van der Waals surface area contributed by atoms with Gasteiger partial charge in [-0.1, -0.05) is 34.1 Å². The van der Waals surface area contributed by atoms with Crippen molar-refractivity contribution in [3.8, 4) is 5.75 Å². The lowest BCUT2D eigenvalue weighted by Gasteiger charge is -2.24. The second-order valence-corrected chi connectivity index (χ2v) is 13.3. The first-order chi connectivity index (χ1) is 18.2. The van der Waals surface area contributed by atoms with Crippen LogP contribution in [-0.2, 0) is 24.8 Å². The van der Waals surface area contributed by atoms with E-state index >= 15 is 0 Å². The molecule has 1 saturated heterocycles. The van der Waals surface area contributed by atoms with E-state index < -0.39 is 32.5 Å². The fourth-order valence-electron chi connectivity index (χ4n) is 3.97. The Bertz CT molecular complexity index is 1440. The predicted octanol–water partition coefficient (Wildman–Crippen LogP) is 3.62. The Hall–Kier alpha value is -2.93. The molecule has 9 nitrogen and oxygen atoms in total. The first-order valence-corrected chi connectivity index (χ1v) is 15.7. The molecule has 38 heavy (non-hydrogen) atoms. The van der Waals surface area contributed by atoms with Crippen molar-refractivity contribution in [3.63, 3.8) is 0 Å². The van der Waals surface area contributed by atoms with Crippen LogP contribution in [0.5, 0.6) is 5.75 Å². The summed E-state index contributed by atoms with van der Waals surface area (Å²) < 4.78 is 60.9. The Kier molecular flexibility index (Phi) is 9.08. The fourth-order valence-corrected chi connectivity index (χ4v) is 7.20. The number of amides is 1. The van der Waals surface area contributed by atoms with Crippen molar-refractivity contribution in [2.45, 2.75) is 22.6 Å². The van der Waals surface area contributed by atoms with E-state index in [9.17, 15) is 21.6 Å². The average molecular weight is 623 g/mol. The zero-order valence-corrected chi connectivity index (χ0v) is 23.7. The smallest absolute Gasteiger partial charge is 0.264 e. The Morgan fingerprint density at radius 3 is 2.13 bits per heavy atom. The molecule has 0 radical (unpaired) electrons. The second-order valence-electron chi connectivity index (χ2n) is 8.58. The summed E-state index contributed by atoms with van der Waals surface area (Å²) >= 11 is 3.34. The molecular weight excluding hydrogens is 594 g/mol. The quantitative estimate of drug-likeness (QED) is 0.327. The molecule has 1 amide bonds. The molecule has 0 unspecified atom stereocenters. The Morgan fingerprint density at radius 1 is 0.868 bits per heavy atom. The number of carbonyl (C=O) groups excluding carboxylic acids is 1. The number of nitrogens with one attached hydrogen (secondary N) is 1. The number of carbonyl (C=O) groups is 1. The van der Waals surface area contributed by atoms with Crippen LogP contribution in [0.3, 0.4) is 0 Å². The van der Waals surface area contributed by atoms with E-state index in [1.165, 1.54) is 28.6 Å². The zero-order valence-electron chi connectivity index (χ0n) is 20.5. The Labute approximate surface area is 231 Å². The van der Waals surface area contributed by atoms with Gasteiger partial charge in [-0.05, 0) is 73.5 Å². The van der Waals surface area contributed by atoms with Crippen LogP contribution >= 0.6 is 15.9 Å². The minimum absolute atomic E-state index is 0.0780. The van der Waals surface area contributed by atoms with Crippen molar-refractivity contribution in [2.75, 3.05) is 37.1 Å². The third kappa shape index (κ3) is 6.73. The maximum atomic E-state index is 13.3. The number of benzene rings is 3. The van der Waals surface area contributed by atoms with Crippen LogP contribution in [0, 0.1) is 0 Å². The van der Waals surface area contributed by atoms with E-state index in [0.717, 1.165) is 21.6 Å². The third-order valence-corrected chi connectivity index (χ3v) is 10.2. The van der Waals surface area contributed by atoms with E-state index in [1.54, 1.807) is 54.6 Å². The van der Waals surface area contributed by atoms with Gasteiger partial charge in [-0.25, -0.2) is 16.8 Å². The van der Waals surface area contributed by atoms with Gasteiger partial charge in [0, 0.05) is 17.6 Å². The van der Waals surface area contributed by atoms with Crippen molar-refractivity contribution in [2.24, 2.45) is 0 Å². The summed E-state index contributed by atoms with van der Waals surface area (Å²) in [6.45, 7) is 0.903. The van der Waals surface area contributed by atoms with Crippen LogP contribution in [0.2, 0.25) is 0 Å². The molecule has 0 atom stereocenters. The monoisotopic (exact) mass is 621 g/mol. The van der Waals surface area contributed by atoms with Crippen LogP contribution in [-0.4, -0.2) is 59.8 Å². The first kappa shape index (κ1) is 28.1. The van der Waals surface area contributed by atoms with Crippen LogP contribution in [0.4, 0.5) is 5.69 Å². The van der Waals surface area contributed by atoms with Gasteiger partial charge in [0.15, 0.2) is 0 Å². The molecule has 0 aliphatic carbocycles. The molecule has 1 aliphatic rings. The van der Waals surface area contributed by atoms with Crippen LogP contribution in [0.25, 0.3) is 0 Å². The second kappa shape index (κ2) is 12.3. The van der Waals surface area contributed by atoms with Gasteiger partial charge in [0.2, 0.25) is 15.9 Å². The number of nitrogens with zero attached hydrogens (tertiary/aromatic N) is 2. The molecule has 1 N–H and O–H groups in total. The summed E-state index contributed by atoms with van der Waals surface area (Å²) in [6.07, 6.45) is 1.73.